The fraction of sp³-hybridized carbons (Fsp3) is 0.300. The molecule has 1 saturated heterocycles. The molecule has 3 N–H and O–H groups in total. The first-order valence-electron chi connectivity index (χ1n) is 13.4. The molecule has 0 spiro atoms. The van der Waals surface area contributed by atoms with Crippen LogP contribution in [0.5, 0.6) is 5.75 Å². The van der Waals surface area contributed by atoms with Gasteiger partial charge in [-0.1, -0.05) is 18.2 Å². The van der Waals surface area contributed by atoms with Crippen molar-refractivity contribution in [2.24, 2.45) is 0 Å². The van der Waals surface area contributed by atoms with Gasteiger partial charge in [0.1, 0.15) is 12.4 Å². The number of carbonyl (C=O) groups excluding carboxylic acids is 1. The molecule has 1 unspecified atom stereocenters. The standard InChI is InChI=1S/C30H32N4O5S/c1-20(28-18-21-17-23(7-9-26(21)31-28)39-16-13-34-11-14-38-15-12-34)29-25-19-24(8-10-27(25)32-30(29)35)40(36,37)33-22-5-3-2-4-6-22/h2-10,17,19,28,31,33H,11-16,18H2,1H3,(H,32,35)/b29-20-. The number of rotatable bonds is 8. The minimum Gasteiger partial charge on any atom is -0.492 e. The van der Waals surface area contributed by atoms with Gasteiger partial charge in [0.15, 0.2) is 0 Å². The van der Waals surface area contributed by atoms with Gasteiger partial charge in [-0.05, 0) is 73.0 Å². The van der Waals surface area contributed by atoms with Crippen molar-refractivity contribution in [2.45, 2.75) is 24.3 Å². The van der Waals surface area contributed by atoms with Gasteiger partial charge in [-0.15, -0.1) is 0 Å². The van der Waals surface area contributed by atoms with Gasteiger partial charge < -0.3 is 20.1 Å². The van der Waals surface area contributed by atoms with E-state index in [9.17, 15) is 13.2 Å². The highest BCUT2D eigenvalue weighted by Crippen LogP contribution is 2.39. The first-order chi connectivity index (χ1) is 19.4. The van der Waals surface area contributed by atoms with Crippen molar-refractivity contribution in [3.63, 3.8) is 0 Å². The maximum Gasteiger partial charge on any atom is 0.261 e. The van der Waals surface area contributed by atoms with Gasteiger partial charge in [-0.25, -0.2) is 8.42 Å². The zero-order valence-corrected chi connectivity index (χ0v) is 23.1. The molecule has 0 aliphatic carbocycles. The molecule has 1 fully saturated rings. The van der Waals surface area contributed by atoms with Crippen molar-refractivity contribution in [2.75, 3.05) is 54.8 Å². The predicted molar refractivity (Wildman–Crippen MR) is 155 cm³/mol. The summed E-state index contributed by atoms with van der Waals surface area (Å²) in [5.41, 5.74) is 5.14. The zero-order valence-electron chi connectivity index (χ0n) is 22.3. The Morgan fingerprint density at radius 3 is 2.62 bits per heavy atom. The van der Waals surface area contributed by atoms with E-state index in [0.717, 1.165) is 55.4 Å². The van der Waals surface area contributed by atoms with E-state index in [2.05, 4.69) is 26.3 Å². The summed E-state index contributed by atoms with van der Waals surface area (Å²) >= 11 is 0. The molecule has 3 aromatic carbocycles. The fourth-order valence-corrected chi connectivity index (χ4v) is 6.49. The van der Waals surface area contributed by atoms with E-state index in [1.54, 1.807) is 36.4 Å². The molecule has 3 aliphatic heterocycles. The first-order valence-corrected chi connectivity index (χ1v) is 14.9. The number of nitrogens with zero attached hydrogens (tertiary/aromatic N) is 1. The second-order valence-electron chi connectivity index (χ2n) is 10.2. The number of para-hydroxylation sites is 1. The molecule has 6 rings (SSSR count). The van der Waals surface area contributed by atoms with Crippen LogP contribution in [-0.2, 0) is 26.0 Å². The summed E-state index contributed by atoms with van der Waals surface area (Å²) in [5, 5.41) is 6.42. The molecule has 3 aliphatic rings. The molecule has 0 radical (unpaired) electrons. The minimum atomic E-state index is -3.83. The predicted octanol–water partition coefficient (Wildman–Crippen LogP) is 3.96. The molecule has 1 amide bonds. The minimum absolute atomic E-state index is 0.0958. The van der Waals surface area contributed by atoms with Crippen LogP contribution >= 0.6 is 0 Å². The second-order valence-corrected chi connectivity index (χ2v) is 11.9. The van der Waals surface area contributed by atoms with Crippen LogP contribution in [0.4, 0.5) is 17.1 Å². The Kier molecular flexibility index (Phi) is 7.22. The number of hydrogen-bond donors (Lipinski definition) is 3. The van der Waals surface area contributed by atoms with Crippen molar-refractivity contribution < 1.29 is 22.7 Å². The Morgan fingerprint density at radius 1 is 1.05 bits per heavy atom. The van der Waals surface area contributed by atoms with Gasteiger partial charge in [-0.2, -0.15) is 0 Å². The number of morpholine rings is 1. The molecule has 0 aromatic heterocycles. The third-order valence-corrected chi connectivity index (χ3v) is 8.98. The molecular weight excluding hydrogens is 528 g/mol. The third-order valence-electron chi connectivity index (χ3n) is 7.60. The van der Waals surface area contributed by atoms with Crippen LogP contribution in [-0.4, -0.2) is 64.7 Å². The summed E-state index contributed by atoms with van der Waals surface area (Å²) < 4.78 is 40.2. The first kappa shape index (κ1) is 26.4. The molecule has 10 heteroatoms. The van der Waals surface area contributed by atoms with Crippen LogP contribution in [0.25, 0.3) is 5.57 Å². The average Bonchev–Trinajstić information content (AvgIpc) is 3.53. The zero-order chi connectivity index (χ0) is 27.7. The maximum atomic E-state index is 13.1. The van der Waals surface area contributed by atoms with E-state index in [4.69, 9.17) is 9.47 Å². The van der Waals surface area contributed by atoms with E-state index in [1.165, 1.54) is 6.07 Å². The monoisotopic (exact) mass is 560 g/mol. The number of carbonyl (C=O) groups is 1. The van der Waals surface area contributed by atoms with Crippen LogP contribution in [0.3, 0.4) is 0 Å². The van der Waals surface area contributed by atoms with Gasteiger partial charge >= 0.3 is 0 Å². The summed E-state index contributed by atoms with van der Waals surface area (Å²) in [6.45, 7) is 6.80. The number of amides is 1. The SMILES string of the molecule is C/C(=C1/C(=O)Nc2ccc(S(=O)(=O)Nc3ccccc3)cc21)C1Cc2cc(OCCN3CCOCC3)ccc2N1. The molecule has 9 nitrogen and oxygen atoms in total. The second kappa shape index (κ2) is 11.0. The van der Waals surface area contributed by atoms with E-state index >= 15 is 0 Å². The van der Waals surface area contributed by atoms with Gasteiger partial charge in [0.05, 0.1) is 29.7 Å². The van der Waals surface area contributed by atoms with Crippen molar-refractivity contribution in [3.8, 4) is 5.75 Å². The number of fused-ring (bicyclic) bond motifs is 2. The normalized spacial score (nSPS) is 19.8. The lowest BCUT2D eigenvalue weighted by Gasteiger charge is -2.26. The molecule has 40 heavy (non-hydrogen) atoms. The summed E-state index contributed by atoms with van der Waals surface area (Å²) in [6, 6.07) is 19.4. The van der Waals surface area contributed by atoms with Gasteiger partial charge in [0.2, 0.25) is 0 Å². The summed E-state index contributed by atoms with van der Waals surface area (Å²) in [5.74, 6) is 0.590. The Balaban J connectivity index is 1.19. The van der Waals surface area contributed by atoms with Crippen molar-refractivity contribution >= 4 is 38.6 Å². The number of ether oxygens (including phenoxy) is 2. The Bertz CT molecular complexity index is 1570. The van der Waals surface area contributed by atoms with Gasteiger partial charge in [0, 0.05) is 42.3 Å². The van der Waals surface area contributed by atoms with E-state index in [-0.39, 0.29) is 16.8 Å². The molecule has 0 bridgehead atoms. The third kappa shape index (κ3) is 5.42. The number of nitrogens with one attached hydrogen (secondary N) is 3. The molecule has 3 aromatic rings. The number of sulfonamides is 1. The molecule has 3 heterocycles. The number of hydrogen-bond acceptors (Lipinski definition) is 7. The largest absolute Gasteiger partial charge is 0.492 e. The number of benzene rings is 3. The molecule has 208 valence electrons. The topological polar surface area (TPSA) is 109 Å². The molecule has 0 saturated carbocycles. The van der Waals surface area contributed by atoms with Crippen molar-refractivity contribution in [3.05, 3.63) is 83.4 Å². The molecular formula is C30H32N4O5S. The fourth-order valence-electron chi connectivity index (χ4n) is 5.41. The van der Waals surface area contributed by atoms with Crippen LogP contribution in [0, 0.1) is 0 Å². The van der Waals surface area contributed by atoms with E-state index in [0.29, 0.717) is 35.5 Å². The quantitative estimate of drug-likeness (QED) is 0.358. The van der Waals surface area contributed by atoms with Crippen LogP contribution < -0.4 is 20.1 Å². The van der Waals surface area contributed by atoms with Crippen molar-refractivity contribution in [1.82, 2.24) is 4.90 Å². The smallest absolute Gasteiger partial charge is 0.261 e. The van der Waals surface area contributed by atoms with Crippen LogP contribution in [0.1, 0.15) is 18.1 Å². The Hall–Kier alpha value is -3.86. The number of anilines is 3. The highest BCUT2D eigenvalue weighted by atomic mass is 32.2. The van der Waals surface area contributed by atoms with Gasteiger partial charge in [0.25, 0.3) is 15.9 Å². The average molecular weight is 561 g/mol. The van der Waals surface area contributed by atoms with Gasteiger partial charge in [-0.3, -0.25) is 14.4 Å². The summed E-state index contributed by atoms with van der Waals surface area (Å²) in [7, 11) is -3.83. The molecule has 1 atom stereocenters. The van der Waals surface area contributed by atoms with E-state index < -0.39 is 10.0 Å². The Morgan fingerprint density at radius 2 is 1.82 bits per heavy atom. The van der Waals surface area contributed by atoms with Crippen molar-refractivity contribution in [1.29, 1.82) is 0 Å². The van der Waals surface area contributed by atoms with E-state index in [1.807, 2.05) is 25.1 Å². The summed E-state index contributed by atoms with van der Waals surface area (Å²) in [6.07, 6.45) is 0.696. The van der Waals surface area contributed by atoms with Crippen LogP contribution in [0.2, 0.25) is 0 Å². The lowest BCUT2D eigenvalue weighted by atomic mass is 9.95. The lowest BCUT2D eigenvalue weighted by molar-refractivity contribution is -0.110. The lowest BCUT2D eigenvalue weighted by Crippen LogP contribution is -2.38. The Labute approximate surface area is 234 Å². The van der Waals surface area contributed by atoms with Crippen LogP contribution in [0.15, 0.2) is 77.2 Å². The summed E-state index contributed by atoms with van der Waals surface area (Å²) in [4.78, 5) is 15.5. The maximum absolute atomic E-state index is 13.1. The highest BCUT2D eigenvalue weighted by Gasteiger charge is 2.32. The highest BCUT2D eigenvalue weighted by molar-refractivity contribution is 7.92.